The first-order valence-corrected chi connectivity index (χ1v) is 11.3. The second kappa shape index (κ2) is 9.15. The quantitative estimate of drug-likeness (QED) is 0.430. The molecule has 3 aromatic rings. The Morgan fingerprint density at radius 1 is 1.00 bits per heavy atom. The zero-order valence-electron chi connectivity index (χ0n) is 16.1. The van der Waals surface area contributed by atoms with Gasteiger partial charge >= 0.3 is 5.97 Å². The van der Waals surface area contributed by atoms with Gasteiger partial charge in [-0.15, -0.1) is 11.8 Å². The van der Waals surface area contributed by atoms with Gasteiger partial charge in [0.05, 0.1) is 17.6 Å². The SMILES string of the molecule is COC(=O)c1ccc(C)c(S(=O)(=O)Nc2ccc(CSc3ccccc3)cc2)c1. The summed E-state index contributed by atoms with van der Waals surface area (Å²) in [5, 5.41) is 0. The lowest BCUT2D eigenvalue weighted by molar-refractivity contribution is 0.0600. The molecule has 0 heterocycles. The number of carbonyl (C=O) groups excluding carboxylic acids is 1. The molecule has 0 fully saturated rings. The minimum absolute atomic E-state index is 0.0455. The van der Waals surface area contributed by atoms with Crippen LogP contribution in [0.1, 0.15) is 21.5 Å². The first kappa shape index (κ1) is 21.0. The summed E-state index contributed by atoms with van der Waals surface area (Å²) in [5.74, 6) is 0.207. The molecule has 0 saturated carbocycles. The number of aryl methyl sites for hydroxylation is 1. The molecule has 5 nitrogen and oxygen atoms in total. The normalized spacial score (nSPS) is 11.1. The molecule has 0 unspecified atom stereocenters. The molecule has 0 aliphatic carbocycles. The Labute approximate surface area is 175 Å². The smallest absolute Gasteiger partial charge is 0.337 e. The van der Waals surface area contributed by atoms with Crippen molar-refractivity contribution in [1.82, 2.24) is 0 Å². The number of thioether (sulfide) groups is 1. The number of sulfonamides is 1. The van der Waals surface area contributed by atoms with Gasteiger partial charge in [-0.1, -0.05) is 36.4 Å². The highest BCUT2D eigenvalue weighted by Crippen LogP contribution is 2.25. The van der Waals surface area contributed by atoms with Crippen LogP contribution in [0, 0.1) is 6.92 Å². The molecular weight excluding hydrogens is 406 g/mol. The lowest BCUT2D eigenvalue weighted by atomic mass is 10.1. The molecule has 0 bridgehead atoms. The Hall–Kier alpha value is -2.77. The van der Waals surface area contributed by atoms with Gasteiger partial charge in [0, 0.05) is 16.3 Å². The van der Waals surface area contributed by atoms with Gasteiger partial charge in [-0.05, 0) is 54.4 Å². The highest BCUT2D eigenvalue weighted by Gasteiger charge is 2.19. The van der Waals surface area contributed by atoms with E-state index < -0.39 is 16.0 Å². The van der Waals surface area contributed by atoms with Gasteiger partial charge in [0.2, 0.25) is 0 Å². The Morgan fingerprint density at radius 2 is 1.69 bits per heavy atom. The van der Waals surface area contributed by atoms with Crippen LogP contribution in [0.5, 0.6) is 0 Å². The van der Waals surface area contributed by atoms with Crippen LogP contribution in [0.25, 0.3) is 0 Å². The van der Waals surface area contributed by atoms with Crippen molar-refractivity contribution in [3.63, 3.8) is 0 Å². The molecule has 3 rings (SSSR count). The number of benzene rings is 3. The summed E-state index contributed by atoms with van der Waals surface area (Å²) in [6, 6.07) is 21.8. The van der Waals surface area contributed by atoms with Crippen molar-refractivity contribution >= 4 is 33.4 Å². The van der Waals surface area contributed by atoms with Crippen LogP contribution in [0.3, 0.4) is 0 Å². The molecular formula is C22H21NO4S2. The predicted molar refractivity (Wildman–Crippen MR) is 116 cm³/mol. The topological polar surface area (TPSA) is 72.5 Å². The van der Waals surface area contributed by atoms with Crippen molar-refractivity contribution in [3.05, 3.63) is 89.5 Å². The molecule has 0 radical (unpaired) electrons. The Balaban J connectivity index is 1.73. The number of nitrogens with one attached hydrogen (secondary N) is 1. The molecule has 1 N–H and O–H groups in total. The number of hydrogen-bond acceptors (Lipinski definition) is 5. The van der Waals surface area contributed by atoms with E-state index in [1.54, 1.807) is 43.0 Å². The third-order valence-corrected chi connectivity index (χ3v) is 6.86. The lowest BCUT2D eigenvalue weighted by Crippen LogP contribution is -2.15. The fourth-order valence-corrected chi connectivity index (χ4v) is 4.90. The van der Waals surface area contributed by atoms with E-state index in [1.807, 2.05) is 30.3 Å². The van der Waals surface area contributed by atoms with Crippen LogP contribution in [-0.4, -0.2) is 21.5 Å². The molecule has 0 aliphatic rings. The van der Waals surface area contributed by atoms with Crippen molar-refractivity contribution in [2.75, 3.05) is 11.8 Å². The van der Waals surface area contributed by atoms with E-state index in [4.69, 9.17) is 0 Å². The van der Waals surface area contributed by atoms with Gasteiger partial charge < -0.3 is 4.74 Å². The van der Waals surface area contributed by atoms with Gasteiger partial charge in [-0.25, -0.2) is 13.2 Å². The van der Waals surface area contributed by atoms with Crippen LogP contribution >= 0.6 is 11.8 Å². The number of anilines is 1. The number of hydrogen-bond donors (Lipinski definition) is 1. The molecule has 0 atom stereocenters. The largest absolute Gasteiger partial charge is 0.465 e. The summed E-state index contributed by atoms with van der Waals surface area (Å²) in [5.41, 5.74) is 2.28. The first-order valence-electron chi connectivity index (χ1n) is 8.87. The monoisotopic (exact) mass is 427 g/mol. The number of ether oxygens (including phenoxy) is 1. The fourth-order valence-electron chi connectivity index (χ4n) is 2.70. The summed E-state index contributed by atoms with van der Waals surface area (Å²) in [7, 11) is -2.58. The molecule has 3 aromatic carbocycles. The molecule has 0 aromatic heterocycles. The minimum Gasteiger partial charge on any atom is -0.465 e. The molecule has 0 aliphatic heterocycles. The van der Waals surface area contributed by atoms with Gasteiger partial charge in [0.1, 0.15) is 0 Å². The molecule has 0 amide bonds. The molecule has 0 saturated heterocycles. The molecule has 0 spiro atoms. The van der Waals surface area contributed by atoms with Crippen LogP contribution in [-0.2, 0) is 20.5 Å². The zero-order chi connectivity index (χ0) is 20.9. The van der Waals surface area contributed by atoms with E-state index in [0.717, 1.165) is 11.3 Å². The summed E-state index contributed by atoms with van der Waals surface area (Å²) in [6.45, 7) is 1.68. The van der Waals surface area contributed by atoms with E-state index in [1.165, 1.54) is 18.1 Å². The van der Waals surface area contributed by atoms with Crippen molar-refractivity contribution in [3.8, 4) is 0 Å². The Morgan fingerprint density at radius 3 is 2.34 bits per heavy atom. The third kappa shape index (κ3) is 5.40. The van der Waals surface area contributed by atoms with Crippen molar-refractivity contribution < 1.29 is 17.9 Å². The average molecular weight is 428 g/mol. The van der Waals surface area contributed by atoms with Crippen LogP contribution in [0.2, 0.25) is 0 Å². The summed E-state index contributed by atoms with van der Waals surface area (Å²) in [6.07, 6.45) is 0. The highest BCUT2D eigenvalue weighted by molar-refractivity contribution is 7.98. The maximum Gasteiger partial charge on any atom is 0.337 e. The standard InChI is InChI=1S/C22H21NO4S2/c1-16-8-11-18(22(24)27-2)14-21(16)29(25,26)23-19-12-9-17(10-13-19)15-28-20-6-4-3-5-7-20/h3-14,23H,15H2,1-2H3. The van der Waals surface area contributed by atoms with E-state index in [2.05, 4.69) is 21.6 Å². The molecule has 150 valence electrons. The number of esters is 1. The maximum absolute atomic E-state index is 12.8. The second-order valence-corrected chi connectivity index (χ2v) is 9.08. The average Bonchev–Trinajstić information content (AvgIpc) is 2.73. The first-order chi connectivity index (χ1) is 13.9. The minimum atomic E-state index is -3.84. The number of carbonyl (C=O) groups is 1. The van der Waals surface area contributed by atoms with Gasteiger partial charge in [0.25, 0.3) is 10.0 Å². The Bertz CT molecular complexity index is 1100. The second-order valence-electron chi connectivity index (χ2n) is 6.38. The lowest BCUT2D eigenvalue weighted by Gasteiger charge is -2.12. The van der Waals surface area contributed by atoms with E-state index in [9.17, 15) is 13.2 Å². The van der Waals surface area contributed by atoms with E-state index in [0.29, 0.717) is 11.3 Å². The van der Waals surface area contributed by atoms with E-state index >= 15 is 0 Å². The van der Waals surface area contributed by atoms with Crippen LogP contribution in [0.4, 0.5) is 5.69 Å². The van der Waals surface area contributed by atoms with E-state index in [-0.39, 0.29) is 10.5 Å². The third-order valence-electron chi connectivity index (χ3n) is 4.25. The van der Waals surface area contributed by atoms with Crippen molar-refractivity contribution in [2.45, 2.75) is 22.5 Å². The van der Waals surface area contributed by atoms with Gasteiger partial charge in [-0.3, -0.25) is 4.72 Å². The zero-order valence-corrected chi connectivity index (χ0v) is 17.7. The number of rotatable bonds is 7. The summed E-state index contributed by atoms with van der Waals surface area (Å²) < 4.78 is 32.9. The van der Waals surface area contributed by atoms with Gasteiger partial charge in [-0.2, -0.15) is 0 Å². The molecule has 29 heavy (non-hydrogen) atoms. The fraction of sp³-hybridized carbons (Fsp3) is 0.136. The summed E-state index contributed by atoms with van der Waals surface area (Å²) >= 11 is 1.72. The van der Waals surface area contributed by atoms with Gasteiger partial charge in [0.15, 0.2) is 0 Å². The van der Waals surface area contributed by atoms with Crippen LogP contribution in [0.15, 0.2) is 82.6 Å². The highest BCUT2D eigenvalue weighted by atomic mass is 32.2. The van der Waals surface area contributed by atoms with Crippen LogP contribution < -0.4 is 4.72 Å². The predicted octanol–water partition coefficient (Wildman–Crippen LogP) is 4.87. The Kier molecular flexibility index (Phi) is 6.61. The van der Waals surface area contributed by atoms with Crippen molar-refractivity contribution in [2.24, 2.45) is 0 Å². The number of methoxy groups -OCH3 is 1. The molecule has 7 heteroatoms. The van der Waals surface area contributed by atoms with Crippen molar-refractivity contribution in [1.29, 1.82) is 0 Å². The summed E-state index contributed by atoms with van der Waals surface area (Å²) in [4.78, 5) is 12.9. The maximum atomic E-state index is 12.8.